The molecule has 1 aliphatic heterocycles. The summed E-state index contributed by atoms with van der Waals surface area (Å²) in [5.41, 5.74) is 1.05. The maximum Gasteiger partial charge on any atom is 0.251 e. The lowest BCUT2D eigenvalue weighted by Crippen LogP contribution is -2.54. The van der Waals surface area contributed by atoms with Gasteiger partial charge in [-0.3, -0.25) is 9.10 Å². The van der Waals surface area contributed by atoms with Crippen molar-refractivity contribution in [2.45, 2.75) is 63.5 Å². The van der Waals surface area contributed by atoms with Gasteiger partial charge in [-0.05, 0) is 50.4 Å². The number of nitrogens with one attached hydrogen (secondary N) is 3. The fourth-order valence-electron chi connectivity index (χ4n) is 4.06. The van der Waals surface area contributed by atoms with Gasteiger partial charge >= 0.3 is 0 Å². The van der Waals surface area contributed by atoms with E-state index < -0.39 is 40.3 Å². The van der Waals surface area contributed by atoms with Crippen LogP contribution >= 0.6 is 12.4 Å². The maximum atomic E-state index is 14.4. The molecule has 1 amide bonds. The van der Waals surface area contributed by atoms with Crippen molar-refractivity contribution in [1.29, 1.82) is 0 Å². The number of rotatable bonds is 11. The molecule has 206 valence electrons. The van der Waals surface area contributed by atoms with Crippen LogP contribution in [0.4, 0.5) is 16.0 Å². The number of sulfonamides is 1. The quantitative estimate of drug-likeness (QED) is 0.335. The van der Waals surface area contributed by atoms with E-state index in [-0.39, 0.29) is 36.3 Å². The number of alkyl halides is 1. The van der Waals surface area contributed by atoms with E-state index in [4.69, 9.17) is 0 Å². The number of anilines is 2. The van der Waals surface area contributed by atoms with Crippen LogP contribution in [-0.4, -0.2) is 74.7 Å². The number of carbonyl (C=O) groups is 1. The van der Waals surface area contributed by atoms with Crippen LogP contribution in [-0.2, 0) is 16.4 Å². The van der Waals surface area contributed by atoms with Crippen molar-refractivity contribution < 1.29 is 22.7 Å². The SMILES string of the molecule is CCC(C)Nc1cc(C(=O)N[C@@H](Cc2ccccc2)[C@H](O)C2NCC[C@@H]2F)cc(N(C)S(C)(=O)=O)n1.Cl. The molecular formula is C25H37ClFN5O4S. The Labute approximate surface area is 224 Å². The van der Waals surface area contributed by atoms with E-state index in [1.807, 2.05) is 44.2 Å². The predicted molar refractivity (Wildman–Crippen MR) is 147 cm³/mol. The van der Waals surface area contributed by atoms with Gasteiger partial charge in [-0.15, -0.1) is 12.4 Å². The molecule has 2 heterocycles. The first-order valence-electron chi connectivity index (χ1n) is 12.1. The molecule has 0 saturated carbocycles. The summed E-state index contributed by atoms with van der Waals surface area (Å²) in [6, 6.07) is 10.7. The molecule has 1 saturated heterocycles. The monoisotopic (exact) mass is 557 g/mol. The van der Waals surface area contributed by atoms with Crippen LogP contribution in [0.3, 0.4) is 0 Å². The Morgan fingerprint density at radius 3 is 2.54 bits per heavy atom. The predicted octanol–water partition coefficient (Wildman–Crippen LogP) is 2.51. The summed E-state index contributed by atoms with van der Waals surface area (Å²) < 4.78 is 39.7. The number of hydrogen-bond donors (Lipinski definition) is 4. The van der Waals surface area contributed by atoms with E-state index in [9.17, 15) is 22.7 Å². The molecule has 5 atom stereocenters. The Balaban J connectivity index is 0.00000481. The van der Waals surface area contributed by atoms with Crippen molar-refractivity contribution in [2.75, 3.05) is 29.5 Å². The minimum Gasteiger partial charge on any atom is -0.389 e. The number of halogens is 2. The van der Waals surface area contributed by atoms with Crippen molar-refractivity contribution >= 4 is 40.0 Å². The molecule has 0 aliphatic carbocycles. The Bertz CT molecular complexity index is 1140. The number of carbonyl (C=O) groups excluding carboxylic acids is 1. The second kappa shape index (κ2) is 13.4. The average molecular weight is 558 g/mol. The van der Waals surface area contributed by atoms with Crippen molar-refractivity contribution in [1.82, 2.24) is 15.6 Å². The number of nitrogens with zero attached hydrogens (tertiary/aromatic N) is 2. The molecule has 1 aliphatic rings. The molecule has 9 nitrogen and oxygen atoms in total. The molecule has 3 rings (SSSR count). The number of benzene rings is 1. The van der Waals surface area contributed by atoms with Crippen LogP contribution in [0.1, 0.15) is 42.6 Å². The molecule has 4 N–H and O–H groups in total. The van der Waals surface area contributed by atoms with Gasteiger partial charge < -0.3 is 21.1 Å². The number of pyridine rings is 1. The van der Waals surface area contributed by atoms with Crippen molar-refractivity contribution in [3.05, 3.63) is 53.6 Å². The van der Waals surface area contributed by atoms with Crippen LogP contribution in [0.25, 0.3) is 0 Å². The van der Waals surface area contributed by atoms with Gasteiger partial charge in [0, 0.05) is 18.7 Å². The molecule has 0 spiro atoms. The highest BCUT2D eigenvalue weighted by Crippen LogP contribution is 2.22. The normalized spacial score (nSPS) is 19.8. The lowest BCUT2D eigenvalue weighted by Gasteiger charge is -2.30. The first kappa shape index (κ1) is 30.8. The summed E-state index contributed by atoms with van der Waals surface area (Å²) in [5.74, 6) is -0.0949. The van der Waals surface area contributed by atoms with Gasteiger partial charge in [0.2, 0.25) is 10.0 Å². The minimum atomic E-state index is -3.62. The van der Waals surface area contributed by atoms with E-state index in [0.717, 1.165) is 22.5 Å². The third-order valence-corrected chi connectivity index (χ3v) is 7.67. The fourth-order valence-corrected chi connectivity index (χ4v) is 4.50. The zero-order chi connectivity index (χ0) is 26.5. The molecule has 0 radical (unpaired) electrons. The molecule has 1 aromatic carbocycles. The highest BCUT2D eigenvalue weighted by molar-refractivity contribution is 7.92. The van der Waals surface area contributed by atoms with Gasteiger partial charge in [0.25, 0.3) is 5.91 Å². The van der Waals surface area contributed by atoms with E-state index in [0.29, 0.717) is 18.8 Å². The highest BCUT2D eigenvalue weighted by Gasteiger charge is 2.37. The first-order chi connectivity index (χ1) is 17.0. The van der Waals surface area contributed by atoms with Gasteiger partial charge in [0.15, 0.2) is 0 Å². The Hall–Kier alpha value is -2.47. The van der Waals surface area contributed by atoms with Gasteiger partial charge in [-0.25, -0.2) is 17.8 Å². The molecule has 12 heteroatoms. The van der Waals surface area contributed by atoms with Gasteiger partial charge in [0.1, 0.15) is 17.8 Å². The van der Waals surface area contributed by atoms with Crippen molar-refractivity contribution in [2.24, 2.45) is 0 Å². The van der Waals surface area contributed by atoms with Crippen LogP contribution in [0.15, 0.2) is 42.5 Å². The summed E-state index contributed by atoms with van der Waals surface area (Å²) in [5, 5.41) is 20.1. The number of aliphatic hydroxyl groups excluding tert-OH is 1. The van der Waals surface area contributed by atoms with E-state index in [2.05, 4.69) is 20.9 Å². The molecule has 2 unspecified atom stereocenters. The number of amides is 1. The smallest absolute Gasteiger partial charge is 0.251 e. The van der Waals surface area contributed by atoms with Crippen LogP contribution in [0.5, 0.6) is 0 Å². The van der Waals surface area contributed by atoms with E-state index >= 15 is 0 Å². The molecule has 37 heavy (non-hydrogen) atoms. The number of hydrogen-bond acceptors (Lipinski definition) is 7. The first-order valence-corrected chi connectivity index (χ1v) is 14.0. The summed E-state index contributed by atoms with van der Waals surface area (Å²) >= 11 is 0. The van der Waals surface area contributed by atoms with E-state index in [1.54, 1.807) is 6.07 Å². The van der Waals surface area contributed by atoms with Crippen LogP contribution < -0.4 is 20.3 Å². The van der Waals surface area contributed by atoms with E-state index in [1.165, 1.54) is 13.1 Å². The van der Waals surface area contributed by atoms with Crippen LogP contribution in [0, 0.1) is 0 Å². The summed E-state index contributed by atoms with van der Waals surface area (Å²) in [4.78, 5) is 17.8. The minimum absolute atomic E-state index is 0. The number of aromatic nitrogens is 1. The second-order valence-corrected chi connectivity index (χ2v) is 11.3. The summed E-state index contributed by atoms with van der Waals surface area (Å²) in [6.07, 6.45) is 0.0281. The third-order valence-electron chi connectivity index (χ3n) is 6.49. The molecule has 0 bridgehead atoms. The van der Waals surface area contributed by atoms with Crippen molar-refractivity contribution in [3.8, 4) is 0 Å². The maximum absolute atomic E-state index is 14.4. The standard InChI is InChI=1S/C25H36FN5O4S.ClH/c1-5-16(2)28-21-14-18(15-22(30-21)31(3)36(4,34)35)25(33)29-20(13-17-9-7-6-8-10-17)24(32)23-19(26)11-12-27-23;/h6-10,14-16,19-20,23-24,27,32H,5,11-13H2,1-4H3,(H,28,30)(H,29,33);1H/t16?,19-,20-,23?,24-;/m0./s1. The summed E-state index contributed by atoms with van der Waals surface area (Å²) in [7, 11) is -2.26. The Kier molecular flexibility index (Phi) is 11.1. The molecule has 1 fully saturated rings. The van der Waals surface area contributed by atoms with Crippen LogP contribution in [0.2, 0.25) is 0 Å². The Morgan fingerprint density at radius 2 is 1.97 bits per heavy atom. The fraction of sp³-hybridized carbons (Fsp3) is 0.520. The number of aliphatic hydroxyl groups is 1. The molecule has 2 aromatic rings. The second-order valence-electron chi connectivity index (χ2n) is 9.33. The zero-order valence-corrected chi connectivity index (χ0v) is 23.2. The largest absolute Gasteiger partial charge is 0.389 e. The molecular weight excluding hydrogens is 521 g/mol. The Morgan fingerprint density at radius 1 is 1.30 bits per heavy atom. The van der Waals surface area contributed by atoms with Gasteiger partial charge in [0.05, 0.1) is 24.4 Å². The van der Waals surface area contributed by atoms with Gasteiger partial charge in [-0.2, -0.15) is 0 Å². The third kappa shape index (κ3) is 8.26. The lowest BCUT2D eigenvalue weighted by atomic mass is 9.94. The topological polar surface area (TPSA) is 124 Å². The van der Waals surface area contributed by atoms with Gasteiger partial charge in [-0.1, -0.05) is 37.3 Å². The average Bonchev–Trinajstić information content (AvgIpc) is 3.28. The van der Waals surface area contributed by atoms with Crippen molar-refractivity contribution in [3.63, 3.8) is 0 Å². The zero-order valence-electron chi connectivity index (χ0n) is 21.5. The lowest BCUT2D eigenvalue weighted by molar-refractivity contribution is 0.0593. The summed E-state index contributed by atoms with van der Waals surface area (Å²) in [6.45, 7) is 4.39. The highest BCUT2D eigenvalue weighted by atomic mass is 35.5. The molecule has 1 aromatic heterocycles.